The number of carboxylic acid groups (broad SMARTS) is 2. The first-order valence-electron chi connectivity index (χ1n) is 42.3. The Hall–Kier alpha value is -13.9. The molecular formula is C90H106N22O14. The zero-order valence-electron chi connectivity index (χ0n) is 71.4. The normalized spacial score (nSPS) is 20.5. The Balaban J connectivity index is 0.744. The van der Waals surface area contributed by atoms with E-state index in [1.807, 2.05) is 60.9 Å². The van der Waals surface area contributed by atoms with E-state index in [1.165, 1.54) is 9.80 Å². The lowest BCUT2D eigenvalue weighted by Crippen LogP contribution is -2.59. The van der Waals surface area contributed by atoms with E-state index < -0.39 is 144 Å². The fourth-order valence-corrected chi connectivity index (χ4v) is 15.4. The van der Waals surface area contributed by atoms with Crippen LogP contribution in [-0.4, -0.2) is 240 Å². The Labute approximate surface area is 727 Å². The number of aliphatic carboxylic acids is 2. The number of rotatable bonds is 16. The Morgan fingerprint density at radius 2 is 0.778 bits per heavy atom. The molecule has 13 heterocycles. The SMILES string of the molecule is CN[C@@H](C)C(=O)N[C@H](C(=O)N1C[C@@H]2C[C@H]1C(=O)N[C@@H](Cc1ccccc1)C(=O)N[C@H](C(=O)O)Cc1ccc(cc1)OCCCn1cc(nn1)-c1ccc(cc1)-c1cn(nn1)[C@H]1C[C@@H](C(=O)N[C@@H](Cc3ccccc3)C(=O)N[C@H](C(=O)O)Cc3ccc(cc3)OCCCn3cc(nn3)-c3ccc(cc3)-c3cn2nn3)N(C(=O)[C@@H](NC(=O)[C@H](C)NC)C(C)C)C1)C(C)C. The maximum Gasteiger partial charge on any atom is 0.326 e. The Morgan fingerprint density at radius 3 is 1.11 bits per heavy atom. The van der Waals surface area contributed by atoms with Gasteiger partial charge in [-0.2, -0.15) is 0 Å². The van der Waals surface area contributed by atoms with Gasteiger partial charge in [0.05, 0.1) is 62.2 Å². The van der Waals surface area contributed by atoms with Crippen LogP contribution < -0.4 is 52.0 Å². The third-order valence-electron chi connectivity index (χ3n) is 23.0. The van der Waals surface area contributed by atoms with E-state index in [9.17, 15) is 39.0 Å². The predicted octanol–water partition coefficient (Wildman–Crippen LogP) is 4.83. The molecule has 36 heteroatoms. The highest BCUT2D eigenvalue weighted by Gasteiger charge is 2.47. The smallest absolute Gasteiger partial charge is 0.326 e. The standard InChI is InChI=1S/C90H106N22O14/c1-53(2)79(97-81(113)55(5)91-7)87(119)109-47-65-45-77(109)85(117)93-69(41-57-17-11-9-12-18-57)83(115)95-71(89(121)122)43-59-21-33-67(34-22-59)125-39-16-38-108-50-74(100-104-108)62-27-31-64(32-28-62)76-52-112(106-102-76)66-46-78(110(48-66)88(120)80(54(3)4)98-82(114)56(6)92-8)86(118)94-70(42-58-19-13-10-14-20-58)84(116)96-72(90(123)124)44-60-23-35-68(36-24-60)126-40-15-37-107-49-73(99-103-107)61-25-29-63(30-26-61)75-51-111(65)105-101-75/h9-14,17-36,49-56,65-66,69-72,77-80,91-92H,15-16,37-48H2,1-8H3,(H,93,117)(H,94,118)(H,95,115)(H,96,116)(H,97,113)(H,98,114)(H,121,122)(H,123,124)/t55-,56-,65-,66-,69-,70-,71-,72-,77-,78-,79-,80-/m0/s1. The summed E-state index contributed by atoms with van der Waals surface area (Å²) in [4.78, 5) is 145. The van der Waals surface area contributed by atoms with E-state index >= 15 is 19.2 Å². The highest BCUT2D eigenvalue weighted by molar-refractivity contribution is 5.98. The van der Waals surface area contributed by atoms with Gasteiger partial charge in [-0.15, -0.1) is 20.4 Å². The topological polar surface area (TPSA) is 455 Å². The van der Waals surface area contributed by atoms with Crippen molar-refractivity contribution in [2.24, 2.45) is 11.8 Å². The van der Waals surface area contributed by atoms with Crippen LogP contribution in [0.3, 0.4) is 0 Å². The van der Waals surface area contributed by atoms with Gasteiger partial charge in [-0.3, -0.25) is 47.7 Å². The lowest BCUT2D eigenvalue weighted by Gasteiger charge is -2.31. The van der Waals surface area contributed by atoms with Crippen LogP contribution in [0.2, 0.25) is 0 Å². The average molecular weight is 1720 g/mol. The number of likely N-dealkylation sites (tertiary alicyclic amines) is 2. The van der Waals surface area contributed by atoms with Crippen molar-refractivity contribution in [2.45, 2.75) is 179 Å². The van der Waals surface area contributed by atoms with Crippen LogP contribution in [0.25, 0.3) is 45.0 Å². The molecule has 19 rings (SSSR count). The summed E-state index contributed by atoms with van der Waals surface area (Å²) in [5.41, 5.74) is 7.51. The molecule has 2 fully saturated rings. The van der Waals surface area contributed by atoms with Gasteiger partial charge in [0.15, 0.2) is 0 Å². The average Bonchev–Trinajstić information content (AvgIpc) is 1.64. The van der Waals surface area contributed by atoms with Gasteiger partial charge in [-0.1, -0.05) is 182 Å². The Morgan fingerprint density at radius 1 is 0.437 bits per heavy atom. The number of carbonyl (C=O) groups excluding carboxylic acids is 8. The molecule has 9 aliphatic heterocycles. The van der Waals surface area contributed by atoms with Crippen LogP contribution in [0, 0.1) is 11.8 Å². The molecule has 36 nitrogen and oxygen atoms in total. The van der Waals surface area contributed by atoms with E-state index in [1.54, 1.807) is 196 Å². The van der Waals surface area contributed by atoms with E-state index in [0.717, 1.165) is 11.1 Å². The minimum Gasteiger partial charge on any atom is -0.494 e. The fourth-order valence-electron chi connectivity index (χ4n) is 15.4. The zero-order valence-corrected chi connectivity index (χ0v) is 71.4. The predicted molar refractivity (Wildman–Crippen MR) is 462 cm³/mol. The van der Waals surface area contributed by atoms with E-state index in [4.69, 9.17) is 9.47 Å². The van der Waals surface area contributed by atoms with Crippen molar-refractivity contribution in [1.29, 1.82) is 0 Å². The van der Waals surface area contributed by atoms with Crippen molar-refractivity contribution < 1.29 is 67.6 Å². The number of hydrogen-bond donors (Lipinski definition) is 10. The summed E-state index contributed by atoms with van der Waals surface area (Å²) in [6.45, 7) is 11.8. The number of likely N-dealkylation sites (N-methyl/N-ethyl adjacent to an activating group) is 2. The van der Waals surface area contributed by atoms with Gasteiger partial charge in [0.25, 0.3) is 0 Å². The molecule has 10 N–H and O–H groups in total. The number of carbonyl (C=O) groups is 10. The van der Waals surface area contributed by atoms with Crippen molar-refractivity contribution in [3.63, 3.8) is 0 Å². The Kier molecular flexibility index (Phi) is 29.6. The molecule has 2 saturated heterocycles. The van der Waals surface area contributed by atoms with Gasteiger partial charge >= 0.3 is 11.9 Å². The van der Waals surface area contributed by atoms with Gasteiger partial charge < -0.3 is 72.0 Å². The van der Waals surface area contributed by atoms with Crippen molar-refractivity contribution in [2.75, 3.05) is 40.4 Å². The molecule has 660 valence electrons. The molecule has 0 saturated carbocycles. The molecule has 0 unspecified atom stereocenters. The van der Waals surface area contributed by atoms with Crippen LogP contribution >= 0.6 is 0 Å². The lowest BCUT2D eigenvalue weighted by molar-refractivity contribution is -0.144. The molecule has 6 aromatic carbocycles. The molecule has 10 aromatic rings. The summed E-state index contributed by atoms with van der Waals surface area (Å²) >= 11 is 0. The maximum absolute atomic E-state index is 15.1. The third-order valence-corrected chi connectivity index (χ3v) is 23.0. The number of hydrogen-bond acceptors (Lipinski definition) is 22. The number of aryl methyl sites for hydroxylation is 2. The van der Waals surface area contributed by atoms with Crippen molar-refractivity contribution in [3.8, 4) is 56.5 Å². The largest absolute Gasteiger partial charge is 0.494 e. The molecule has 8 amide bonds. The minimum absolute atomic E-state index is 0.0184. The van der Waals surface area contributed by atoms with E-state index in [2.05, 4.69) is 83.8 Å². The molecule has 9 aliphatic rings. The molecule has 126 heavy (non-hydrogen) atoms. The number of carboxylic acids is 2. The van der Waals surface area contributed by atoms with Gasteiger partial charge in [-0.05, 0) is 86.3 Å². The number of aromatic nitrogens is 12. The number of ether oxygens (including phenoxy) is 2. The van der Waals surface area contributed by atoms with Crippen molar-refractivity contribution in [1.82, 2.24) is 112 Å². The molecule has 0 radical (unpaired) electrons. The summed E-state index contributed by atoms with van der Waals surface area (Å²) in [5.74, 6) is -7.35. The second kappa shape index (κ2) is 41.5. The molecule has 20 bridgehead atoms. The minimum atomic E-state index is -1.45. The Bertz CT molecular complexity index is 5100. The van der Waals surface area contributed by atoms with Crippen LogP contribution in [0.4, 0.5) is 0 Å². The quantitative estimate of drug-likeness (QED) is 0.0619. The summed E-state index contributed by atoms with van der Waals surface area (Å²) in [7, 11) is 3.25. The number of nitrogens with zero attached hydrogens (tertiary/aromatic N) is 14. The first-order valence-corrected chi connectivity index (χ1v) is 42.3. The summed E-state index contributed by atoms with van der Waals surface area (Å²) < 4.78 is 18.8. The van der Waals surface area contributed by atoms with E-state index in [0.29, 0.717) is 93.6 Å². The third kappa shape index (κ3) is 22.7. The van der Waals surface area contributed by atoms with Crippen molar-refractivity contribution >= 4 is 59.2 Å². The highest BCUT2D eigenvalue weighted by Crippen LogP contribution is 2.34. The summed E-state index contributed by atoms with van der Waals surface area (Å²) in [5, 5.41) is 79.7. The number of nitrogens with one attached hydrogen (secondary N) is 8. The van der Waals surface area contributed by atoms with Crippen molar-refractivity contribution in [3.05, 3.63) is 205 Å². The maximum atomic E-state index is 15.1. The summed E-state index contributed by atoms with van der Waals surface area (Å²) in [6, 6.07) is 33.7. The molecule has 0 spiro atoms. The summed E-state index contributed by atoms with van der Waals surface area (Å²) in [6.07, 6.45) is 7.79. The number of benzene rings is 6. The second-order valence-electron chi connectivity index (χ2n) is 32.7. The first-order chi connectivity index (χ1) is 60.7. The van der Waals surface area contributed by atoms with E-state index in [-0.39, 0.29) is 64.8 Å². The zero-order chi connectivity index (χ0) is 89.2. The monoisotopic (exact) mass is 1720 g/mol. The van der Waals surface area contributed by atoms with Gasteiger partial charge in [0.1, 0.15) is 82.6 Å². The molecule has 0 aliphatic carbocycles. The van der Waals surface area contributed by atoms with Gasteiger partial charge in [0, 0.05) is 99.8 Å². The van der Waals surface area contributed by atoms with Crippen LogP contribution in [0.15, 0.2) is 183 Å². The van der Waals surface area contributed by atoms with Crippen LogP contribution in [-0.2, 0) is 86.7 Å². The van der Waals surface area contributed by atoms with Gasteiger partial charge in [0.2, 0.25) is 47.3 Å². The first kappa shape index (κ1) is 89.8. The lowest BCUT2D eigenvalue weighted by atomic mass is 10.0. The number of amides is 8. The second-order valence-corrected chi connectivity index (χ2v) is 32.7. The molecular weight excluding hydrogens is 1610 g/mol. The van der Waals surface area contributed by atoms with Crippen LogP contribution in [0.1, 0.15) is 102 Å². The molecule has 4 aromatic heterocycles. The highest BCUT2D eigenvalue weighted by atomic mass is 16.5. The fraction of sp³-hybridized carbons (Fsp3) is 0.400. The molecule has 12 atom stereocenters. The van der Waals surface area contributed by atoms with Gasteiger partial charge in [-0.25, -0.2) is 19.0 Å². The van der Waals surface area contributed by atoms with Crippen LogP contribution in [0.5, 0.6) is 11.5 Å².